The Morgan fingerprint density at radius 3 is 2.60 bits per heavy atom. The average Bonchev–Trinajstić information content (AvgIpc) is 3.44. The van der Waals surface area contributed by atoms with Crippen molar-refractivity contribution in [3.05, 3.63) is 53.9 Å². The number of benzene rings is 2. The SMILES string of the molecule is Cc1ccc(-c2noc(C3CCN(S(=O)(=O)c4ccc5c(c4)OCCO5)C3)n2)cc1. The minimum absolute atomic E-state index is 0.135. The molecule has 1 unspecified atom stereocenters. The monoisotopic (exact) mass is 427 g/mol. The van der Waals surface area contributed by atoms with Crippen LogP contribution in [0.1, 0.15) is 23.8 Å². The van der Waals surface area contributed by atoms with Crippen molar-refractivity contribution in [1.29, 1.82) is 0 Å². The highest BCUT2D eigenvalue weighted by Crippen LogP contribution is 2.36. The van der Waals surface area contributed by atoms with E-state index in [-0.39, 0.29) is 10.8 Å². The minimum atomic E-state index is -3.66. The van der Waals surface area contributed by atoms with Crippen LogP contribution in [-0.4, -0.2) is 49.2 Å². The Balaban J connectivity index is 1.34. The van der Waals surface area contributed by atoms with Crippen LogP contribution in [0.3, 0.4) is 0 Å². The summed E-state index contributed by atoms with van der Waals surface area (Å²) in [6.07, 6.45) is 0.624. The van der Waals surface area contributed by atoms with Crippen molar-refractivity contribution in [3.8, 4) is 22.9 Å². The van der Waals surface area contributed by atoms with E-state index in [2.05, 4.69) is 10.1 Å². The van der Waals surface area contributed by atoms with Crippen LogP contribution in [0, 0.1) is 6.92 Å². The summed E-state index contributed by atoms with van der Waals surface area (Å²) in [5.74, 6) is 1.86. The molecule has 2 aliphatic heterocycles. The van der Waals surface area contributed by atoms with Gasteiger partial charge in [-0.15, -0.1) is 0 Å². The normalized spacial score (nSPS) is 19.2. The lowest BCUT2D eigenvalue weighted by atomic mass is 10.1. The van der Waals surface area contributed by atoms with Gasteiger partial charge < -0.3 is 14.0 Å². The summed E-state index contributed by atoms with van der Waals surface area (Å²) in [4.78, 5) is 4.70. The van der Waals surface area contributed by atoms with Gasteiger partial charge in [0.2, 0.25) is 21.7 Å². The Morgan fingerprint density at radius 2 is 1.80 bits per heavy atom. The van der Waals surface area contributed by atoms with Crippen LogP contribution in [0.25, 0.3) is 11.4 Å². The van der Waals surface area contributed by atoms with Crippen LogP contribution >= 0.6 is 0 Å². The highest BCUT2D eigenvalue weighted by atomic mass is 32.2. The zero-order chi connectivity index (χ0) is 20.7. The van der Waals surface area contributed by atoms with E-state index < -0.39 is 10.0 Å². The van der Waals surface area contributed by atoms with Crippen molar-refractivity contribution in [2.75, 3.05) is 26.3 Å². The molecule has 0 amide bonds. The topological polar surface area (TPSA) is 94.8 Å². The van der Waals surface area contributed by atoms with Crippen LogP contribution in [-0.2, 0) is 10.0 Å². The second-order valence-electron chi connectivity index (χ2n) is 7.48. The molecular formula is C21H21N3O5S. The second-order valence-corrected chi connectivity index (χ2v) is 9.41. The Bertz CT molecular complexity index is 1170. The van der Waals surface area contributed by atoms with Crippen molar-refractivity contribution >= 4 is 10.0 Å². The zero-order valence-corrected chi connectivity index (χ0v) is 17.3. The number of ether oxygens (including phenoxy) is 2. The third kappa shape index (κ3) is 3.44. The second kappa shape index (κ2) is 7.41. The molecular weight excluding hydrogens is 406 g/mol. The summed E-state index contributed by atoms with van der Waals surface area (Å²) >= 11 is 0. The predicted octanol–water partition coefficient (Wildman–Crippen LogP) is 2.99. The fourth-order valence-corrected chi connectivity index (χ4v) is 5.22. The molecule has 5 rings (SSSR count). The fourth-order valence-electron chi connectivity index (χ4n) is 3.70. The maximum absolute atomic E-state index is 13.1. The van der Waals surface area contributed by atoms with Crippen LogP contribution < -0.4 is 9.47 Å². The minimum Gasteiger partial charge on any atom is -0.486 e. The standard InChI is InChI=1S/C21H21N3O5S/c1-14-2-4-15(5-3-14)20-22-21(29-23-20)16-8-9-24(13-16)30(25,26)17-6-7-18-19(12-17)28-11-10-27-18/h2-7,12,16H,8-11,13H2,1H3. The van der Waals surface area contributed by atoms with Crippen molar-refractivity contribution in [3.63, 3.8) is 0 Å². The van der Waals surface area contributed by atoms with Gasteiger partial charge in [-0.2, -0.15) is 9.29 Å². The van der Waals surface area contributed by atoms with Gasteiger partial charge >= 0.3 is 0 Å². The molecule has 0 aliphatic carbocycles. The first kappa shape index (κ1) is 19.1. The first-order valence-electron chi connectivity index (χ1n) is 9.81. The Morgan fingerprint density at radius 1 is 1.03 bits per heavy atom. The van der Waals surface area contributed by atoms with Gasteiger partial charge in [0.1, 0.15) is 13.2 Å². The molecule has 0 bridgehead atoms. The van der Waals surface area contributed by atoms with Gasteiger partial charge in [0.25, 0.3) is 0 Å². The number of sulfonamides is 1. The Hall–Kier alpha value is -2.91. The molecule has 1 saturated heterocycles. The lowest BCUT2D eigenvalue weighted by molar-refractivity contribution is 0.171. The zero-order valence-electron chi connectivity index (χ0n) is 16.4. The van der Waals surface area contributed by atoms with Crippen molar-refractivity contribution in [2.24, 2.45) is 0 Å². The summed E-state index contributed by atoms with van der Waals surface area (Å²) in [6.45, 7) is 3.57. The summed E-state index contributed by atoms with van der Waals surface area (Å²) < 4.78 is 44.1. The maximum atomic E-state index is 13.1. The maximum Gasteiger partial charge on any atom is 0.243 e. The molecule has 0 spiro atoms. The molecule has 0 N–H and O–H groups in total. The van der Waals surface area contributed by atoms with Crippen molar-refractivity contribution in [1.82, 2.24) is 14.4 Å². The summed E-state index contributed by atoms with van der Waals surface area (Å²) in [7, 11) is -3.66. The predicted molar refractivity (Wildman–Crippen MR) is 108 cm³/mol. The van der Waals surface area contributed by atoms with Crippen LogP contribution in [0.15, 0.2) is 51.9 Å². The molecule has 9 heteroatoms. The number of aryl methyl sites for hydroxylation is 1. The Labute approximate surface area is 174 Å². The van der Waals surface area contributed by atoms with Crippen molar-refractivity contribution in [2.45, 2.75) is 24.2 Å². The molecule has 2 aromatic carbocycles. The summed E-state index contributed by atoms with van der Waals surface area (Å²) in [6, 6.07) is 12.6. The molecule has 3 heterocycles. The van der Waals surface area contributed by atoms with Gasteiger partial charge in [0.05, 0.1) is 10.8 Å². The van der Waals surface area contributed by atoms with E-state index in [1.807, 2.05) is 31.2 Å². The molecule has 0 radical (unpaired) electrons. The average molecular weight is 427 g/mol. The first-order valence-corrected chi connectivity index (χ1v) is 11.3. The number of rotatable bonds is 4. The van der Waals surface area contributed by atoms with E-state index in [0.717, 1.165) is 11.1 Å². The number of nitrogens with zero attached hydrogens (tertiary/aromatic N) is 3. The molecule has 0 saturated carbocycles. The molecule has 2 aliphatic rings. The lowest BCUT2D eigenvalue weighted by Crippen LogP contribution is -2.29. The number of hydrogen-bond acceptors (Lipinski definition) is 7. The quantitative estimate of drug-likeness (QED) is 0.632. The molecule has 3 aromatic rings. The molecule has 1 aromatic heterocycles. The van der Waals surface area contributed by atoms with Gasteiger partial charge in [-0.05, 0) is 25.5 Å². The first-order chi connectivity index (χ1) is 14.5. The largest absolute Gasteiger partial charge is 0.486 e. The Kier molecular flexibility index (Phi) is 4.71. The molecule has 1 atom stereocenters. The molecule has 30 heavy (non-hydrogen) atoms. The van der Waals surface area contributed by atoms with E-state index in [4.69, 9.17) is 14.0 Å². The summed E-state index contributed by atoms with van der Waals surface area (Å²) in [5.41, 5.74) is 2.02. The van der Waals surface area contributed by atoms with E-state index >= 15 is 0 Å². The van der Waals surface area contributed by atoms with Crippen LogP contribution in [0.2, 0.25) is 0 Å². The number of aromatic nitrogens is 2. The van der Waals surface area contributed by atoms with E-state index in [0.29, 0.717) is 55.9 Å². The fraction of sp³-hybridized carbons (Fsp3) is 0.333. The molecule has 1 fully saturated rings. The van der Waals surface area contributed by atoms with Gasteiger partial charge in [-0.1, -0.05) is 35.0 Å². The van der Waals surface area contributed by atoms with Gasteiger partial charge in [-0.25, -0.2) is 8.42 Å². The van der Waals surface area contributed by atoms with E-state index in [1.54, 1.807) is 12.1 Å². The van der Waals surface area contributed by atoms with E-state index in [9.17, 15) is 8.42 Å². The smallest absolute Gasteiger partial charge is 0.243 e. The lowest BCUT2D eigenvalue weighted by Gasteiger charge is -2.20. The van der Waals surface area contributed by atoms with Crippen LogP contribution in [0.5, 0.6) is 11.5 Å². The number of fused-ring (bicyclic) bond motifs is 1. The van der Waals surface area contributed by atoms with Gasteiger partial charge in [0, 0.05) is 24.7 Å². The molecule has 8 nitrogen and oxygen atoms in total. The van der Waals surface area contributed by atoms with Gasteiger partial charge in [-0.3, -0.25) is 0 Å². The molecule has 156 valence electrons. The third-order valence-electron chi connectivity index (χ3n) is 5.40. The van der Waals surface area contributed by atoms with Crippen LogP contribution in [0.4, 0.5) is 0 Å². The number of hydrogen-bond donors (Lipinski definition) is 0. The summed E-state index contributed by atoms with van der Waals surface area (Å²) in [5, 5.41) is 4.07. The highest BCUT2D eigenvalue weighted by molar-refractivity contribution is 7.89. The van der Waals surface area contributed by atoms with Crippen molar-refractivity contribution < 1.29 is 22.4 Å². The van der Waals surface area contributed by atoms with Gasteiger partial charge in [0.15, 0.2) is 11.5 Å². The third-order valence-corrected chi connectivity index (χ3v) is 7.26. The highest BCUT2D eigenvalue weighted by Gasteiger charge is 2.36. The van der Waals surface area contributed by atoms with E-state index in [1.165, 1.54) is 10.4 Å².